The van der Waals surface area contributed by atoms with Gasteiger partial charge in [-0.3, -0.25) is 13.9 Å². The molecule has 3 rings (SSSR count). The fourth-order valence-corrected chi connectivity index (χ4v) is 6.25. The van der Waals surface area contributed by atoms with Crippen LogP contribution in [0.25, 0.3) is 0 Å². The van der Waals surface area contributed by atoms with E-state index in [9.17, 15) is 18.0 Å². The Bertz CT molecular complexity index is 1420. The lowest BCUT2D eigenvalue weighted by Gasteiger charge is -2.34. The first kappa shape index (κ1) is 31.9. The lowest BCUT2D eigenvalue weighted by Crippen LogP contribution is -2.54. The third-order valence-corrected chi connectivity index (χ3v) is 9.15. The Hall–Kier alpha value is -3.65. The van der Waals surface area contributed by atoms with E-state index in [1.54, 1.807) is 35.2 Å². The predicted octanol–water partition coefficient (Wildman–Crippen LogP) is 5.57. The summed E-state index contributed by atoms with van der Waals surface area (Å²) in [7, 11) is -4.09. The Kier molecular flexibility index (Phi) is 11.1. The van der Waals surface area contributed by atoms with Crippen LogP contribution in [0.15, 0.2) is 77.7 Å². The van der Waals surface area contributed by atoms with E-state index in [-0.39, 0.29) is 23.4 Å². The van der Waals surface area contributed by atoms with E-state index >= 15 is 0 Å². The summed E-state index contributed by atoms with van der Waals surface area (Å²) in [6, 6.07) is 21.1. The maximum atomic E-state index is 14.2. The van der Waals surface area contributed by atoms with Crippen LogP contribution in [-0.2, 0) is 26.0 Å². The van der Waals surface area contributed by atoms with E-state index in [4.69, 9.17) is 0 Å². The number of nitrogens with one attached hydrogen (secondary N) is 1. The molecule has 0 fully saturated rings. The number of aryl methyl sites for hydroxylation is 3. The Balaban J connectivity index is 2.04. The molecule has 7 nitrogen and oxygen atoms in total. The van der Waals surface area contributed by atoms with Gasteiger partial charge in [-0.1, -0.05) is 79.6 Å². The first-order chi connectivity index (χ1) is 19.5. The summed E-state index contributed by atoms with van der Waals surface area (Å²) in [6.07, 6.45) is 1.69. The molecule has 0 aromatic heterocycles. The zero-order chi connectivity index (χ0) is 30.2. The molecule has 220 valence electrons. The van der Waals surface area contributed by atoms with Gasteiger partial charge in [0.1, 0.15) is 12.6 Å². The van der Waals surface area contributed by atoms with Gasteiger partial charge in [0, 0.05) is 12.6 Å². The minimum absolute atomic E-state index is 0.0451. The molecule has 0 heterocycles. The van der Waals surface area contributed by atoms with Crippen LogP contribution in [0.3, 0.4) is 0 Å². The Morgan fingerprint density at radius 1 is 0.854 bits per heavy atom. The number of anilines is 1. The molecule has 2 atom stereocenters. The molecular formula is C33H43N3O4S. The molecule has 3 aromatic rings. The van der Waals surface area contributed by atoms with Crippen LogP contribution in [0.5, 0.6) is 0 Å². The minimum atomic E-state index is -4.09. The van der Waals surface area contributed by atoms with Crippen molar-refractivity contribution in [1.82, 2.24) is 10.2 Å². The zero-order valence-corrected chi connectivity index (χ0v) is 25.9. The molecule has 0 aliphatic heterocycles. The molecule has 0 saturated carbocycles. The maximum absolute atomic E-state index is 14.2. The number of rotatable bonds is 13. The third kappa shape index (κ3) is 8.19. The lowest BCUT2D eigenvalue weighted by molar-refractivity contribution is -0.139. The summed E-state index contributed by atoms with van der Waals surface area (Å²) in [5, 5.41) is 3.01. The van der Waals surface area contributed by atoms with E-state index in [1.807, 2.05) is 84.0 Å². The van der Waals surface area contributed by atoms with Gasteiger partial charge in [-0.05, 0) is 76.3 Å². The van der Waals surface area contributed by atoms with Crippen LogP contribution in [-0.4, -0.2) is 50.3 Å². The maximum Gasteiger partial charge on any atom is 0.264 e. The van der Waals surface area contributed by atoms with Crippen LogP contribution >= 0.6 is 0 Å². The first-order valence-electron chi connectivity index (χ1n) is 14.3. The number of hydrogen-bond acceptors (Lipinski definition) is 4. The second kappa shape index (κ2) is 14.3. The molecule has 2 amide bonds. The molecule has 0 aliphatic rings. The number of sulfonamides is 1. The van der Waals surface area contributed by atoms with Gasteiger partial charge in [0.2, 0.25) is 11.8 Å². The fourth-order valence-electron chi connectivity index (χ4n) is 4.77. The topological polar surface area (TPSA) is 86.8 Å². The summed E-state index contributed by atoms with van der Waals surface area (Å²) in [5.74, 6) is -0.662. The van der Waals surface area contributed by atoms with Crippen LogP contribution in [0.1, 0.15) is 55.9 Å². The number of amides is 2. The second-order valence-corrected chi connectivity index (χ2v) is 12.5. The highest BCUT2D eigenvalue weighted by Crippen LogP contribution is 2.28. The van der Waals surface area contributed by atoms with Crippen LogP contribution in [0.4, 0.5) is 5.69 Å². The molecule has 3 aromatic carbocycles. The highest BCUT2D eigenvalue weighted by atomic mass is 32.2. The van der Waals surface area contributed by atoms with E-state index in [0.717, 1.165) is 28.7 Å². The Morgan fingerprint density at radius 2 is 1.49 bits per heavy atom. The lowest BCUT2D eigenvalue weighted by atomic mass is 10.1. The van der Waals surface area contributed by atoms with Crippen molar-refractivity contribution in [2.45, 2.75) is 77.8 Å². The van der Waals surface area contributed by atoms with E-state index in [1.165, 1.54) is 4.31 Å². The molecule has 0 bridgehead atoms. The number of carbonyl (C=O) groups excluding carboxylic acids is 2. The Labute approximate surface area is 245 Å². The molecule has 1 N–H and O–H groups in total. The number of carbonyl (C=O) groups is 2. The van der Waals surface area contributed by atoms with E-state index in [2.05, 4.69) is 5.32 Å². The van der Waals surface area contributed by atoms with Crippen molar-refractivity contribution < 1.29 is 18.0 Å². The van der Waals surface area contributed by atoms with Gasteiger partial charge in [0.25, 0.3) is 10.0 Å². The largest absolute Gasteiger partial charge is 0.352 e. The van der Waals surface area contributed by atoms with Gasteiger partial charge in [-0.2, -0.15) is 0 Å². The smallest absolute Gasteiger partial charge is 0.264 e. The van der Waals surface area contributed by atoms with E-state index < -0.39 is 28.5 Å². The molecule has 0 spiro atoms. The highest BCUT2D eigenvalue weighted by Gasteiger charge is 2.34. The molecule has 8 heteroatoms. The molecule has 0 radical (unpaired) electrons. The van der Waals surface area contributed by atoms with Crippen molar-refractivity contribution in [3.63, 3.8) is 0 Å². The Morgan fingerprint density at radius 3 is 2.07 bits per heavy atom. The molecule has 0 saturated heterocycles. The quantitative estimate of drug-likeness (QED) is 0.288. The number of benzene rings is 3. The molecule has 41 heavy (non-hydrogen) atoms. The molecular weight excluding hydrogens is 534 g/mol. The van der Waals surface area contributed by atoms with Crippen LogP contribution in [0, 0.1) is 20.8 Å². The monoisotopic (exact) mass is 577 g/mol. The average molecular weight is 578 g/mol. The summed E-state index contributed by atoms with van der Waals surface area (Å²) in [6.45, 7) is 11.3. The highest BCUT2D eigenvalue weighted by molar-refractivity contribution is 7.92. The standard InChI is InChI=1S/C33H43N3O4S/c1-7-27(6)34-33(38)30(8-2)35(21-20-28-12-10-9-11-13-28)32(37)23-36(31-19-16-25(4)22-26(31)5)41(39,40)29-17-14-24(3)15-18-29/h9-19,22,27,30H,7-8,20-21,23H2,1-6H3,(H,34,38)/t27-,30-/m0/s1. The van der Waals surface area contributed by atoms with Crippen LogP contribution in [0.2, 0.25) is 0 Å². The normalized spacial score (nSPS) is 12.8. The van der Waals surface area contributed by atoms with Gasteiger partial charge < -0.3 is 10.2 Å². The zero-order valence-electron chi connectivity index (χ0n) is 25.1. The van der Waals surface area contributed by atoms with Crippen molar-refractivity contribution >= 4 is 27.5 Å². The van der Waals surface area contributed by atoms with Gasteiger partial charge in [-0.25, -0.2) is 8.42 Å². The summed E-state index contributed by atoms with van der Waals surface area (Å²) < 4.78 is 29.3. The molecule has 0 aliphatic carbocycles. The number of hydrogen-bond donors (Lipinski definition) is 1. The van der Waals surface area contributed by atoms with Gasteiger partial charge in [-0.15, -0.1) is 0 Å². The van der Waals surface area contributed by atoms with Gasteiger partial charge in [0.05, 0.1) is 10.6 Å². The summed E-state index contributed by atoms with van der Waals surface area (Å²) in [5.41, 5.74) is 4.13. The second-order valence-electron chi connectivity index (χ2n) is 10.7. The van der Waals surface area contributed by atoms with Crippen molar-refractivity contribution in [3.05, 3.63) is 95.1 Å². The van der Waals surface area contributed by atoms with Crippen molar-refractivity contribution in [3.8, 4) is 0 Å². The van der Waals surface area contributed by atoms with Gasteiger partial charge in [0.15, 0.2) is 0 Å². The minimum Gasteiger partial charge on any atom is -0.352 e. The average Bonchev–Trinajstić information content (AvgIpc) is 2.94. The van der Waals surface area contributed by atoms with Crippen LogP contribution < -0.4 is 9.62 Å². The SMILES string of the molecule is CC[C@H](C)NC(=O)[C@H](CC)N(CCc1ccccc1)C(=O)CN(c1ccc(C)cc1C)S(=O)(=O)c1ccc(C)cc1. The first-order valence-corrected chi connectivity index (χ1v) is 15.7. The van der Waals surface area contributed by atoms with Crippen molar-refractivity contribution in [1.29, 1.82) is 0 Å². The van der Waals surface area contributed by atoms with E-state index in [0.29, 0.717) is 18.5 Å². The number of nitrogens with zero attached hydrogens (tertiary/aromatic N) is 2. The summed E-state index contributed by atoms with van der Waals surface area (Å²) >= 11 is 0. The third-order valence-electron chi connectivity index (χ3n) is 7.38. The molecule has 0 unspecified atom stereocenters. The van der Waals surface area contributed by atoms with Gasteiger partial charge >= 0.3 is 0 Å². The van der Waals surface area contributed by atoms with Crippen molar-refractivity contribution in [2.75, 3.05) is 17.4 Å². The fraction of sp³-hybridized carbons (Fsp3) is 0.394. The summed E-state index contributed by atoms with van der Waals surface area (Å²) in [4.78, 5) is 29.2. The van der Waals surface area contributed by atoms with Crippen molar-refractivity contribution in [2.24, 2.45) is 0 Å². The predicted molar refractivity (Wildman–Crippen MR) is 165 cm³/mol.